The van der Waals surface area contributed by atoms with E-state index in [1.165, 1.54) is 17.7 Å². The number of hydrogen-bond acceptors (Lipinski definition) is 3. The molecule has 4 rings (SSSR count). The summed E-state index contributed by atoms with van der Waals surface area (Å²) in [5.41, 5.74) is 1.60. The van der Waals surface area contributed by atoms with E-state index in [1.54, 1.807) is 0 Å². The first kappa shape index (κ1) is 17.3. The van der Waals surface area contributed by atoms with Crippen molar-refractivity contribution >= 4 is 35.0 Å². The van der Waals surface area contributed by atoms with E-state index in [9.17, 15) is 9.59 Å². The molecule has 2 aromatic rings. The summed E-state index contributed by atoms with van der Waals surface area (Å²) in [5, 5.41) is 3.23. The number of carbonyl (C=O) groups is 2. The van der Waals surface area contributed by atoms with Gasteiger partial charge in [-0.25, -0.2) is 4.98 Å². The van der Waals surface area contributed by atoms with Gasteiger partial charge >= 0.3 is 0 Å². The zero-order valence-electron chi connectivity index (χ0n) is 13.9. The maximum atomic E-state index is 12.4. The molecule has 2 amide bonds. The number of carbonyl (C=O) groups excluding carboxylic acids is 2. The molecule has 5 nitrogen and oxygen atoms in total. The second-order valence-electron chi connectivity index (χ2n) is 6.74. The number of aromatic nitrogens is 1. The van der Waals surface area contributed by atoms with Crippen LogP contribution < -0.4 is 5.32 Å². The highest BCUT2D eigenvalue weighted by Crippen LogP contribution is 2.45. The van der Waals surface area contributed by atoms with Gasteiger partial charge < -0.3 is 10.2 Å². The molecule has 2 fully saturated rings. The fraction of sp³-hybridized carbons (Fsp3) is 0.316. The number of halogens is 2. The fourth-order valence-corrected chi connectivity index (χ4v) is 4.06. The van der Waals surface area contributed by atoms with Crippen LogP contribution in [0.4, 0.5) is 0 Å². The van der Waals surface area contributed by atoms with Crippen molar-refractivity contribution in [2.75, 3.05) is 6.54 Å². The summed E-state index contributed by atoms with van der Waals surface area (Å²) >= 11 is 11.7. The SMILES string of the molecule is O=C(NC1CC(=O)N(C2CC2c2ccccc2)C1)c1cc(Cl)nc(Cl)c1. The highest BCUT2D eigenvalue weighted by molar-refractivity contribution is 6.33. The third-order valence-corrected chi connectivity index (χ3v) is 5.29. The number of nitrogens with one attached hydrogen (secondary N) is 1. The molecular formula is C19H17Cl2N3O2. The minimum Gasteiger partial charge on any atom is -0.347 e. The number of hydrogen-bond donors (Lipinski definition) is 1. The zero-order chi connectivity index (χ0) is 18.3. The lowest BCUT2D eigenvalue weighted by atomic mass is 10.1. The summed E-state index contributed by atoms with van der Waals surface area (Å²) < 4.78 is 0. The molecular weight excluding hydrogens is 373 g/mol. The van der Waals surface area contributed by atoms with E-state index in [-0.39, 0.29) is 34.2 Å². The van der Waals surface area contributed by atoms with Crippen molar-refractivity contribution in [1.29, 1.82) is 0 Å². The second kappa shape index (κ2) is 6.89. The molecule has 1 aliphatic heterocycles. The molecule has 1 N–H and O–H groups in total. The Balaban J connectivity index is 1.38. The van der Waals surface area contributed by atoms with E-state index in [1.807, 2.05) is 23.1 Å². The van der Waals surface area contributed by atoms with Crippen molar-refractivity contribution in [1.82, 2.24) is 15.2 Å². The lowest BCUT2D eigenvalue weighted by molar-refractivity contribution is -0.128. The summed E-state index contributed by atoms with van der Waals surface area (Å²) in [4.78, 5) is 30.5. The number of benzene rings is 1. The number of rotatable bonds is 4. The maximum absolute atomic E-state index is 12.4. The van der Waals surface area contributed by atoms with E-state index in [4.69, 9.17) is 23.2 Å². The molecule has 1 saturated heterocycles. The smallest absolute Gasteiger partial charge is 0.251 e. The van der Waals surface area contributed by atoms with Gasteiger partial charge in [0.15, 0.2) is 0 Å². The van der Waals surface area contributed by atoms with Crippen LogP contribution in [0.2, 0.25) is 10.3 Å². The van der Waals surface area contributed by atoms with Gasteiger partial charge in [-0.2, -0.15) is 0 Å². The van der Waals surface area contributed by atoms with Gasteiger partial charge in [0.2, 0.25) is 5.91 Å². The largest absolute Gasteiger partial charge is 0.347 e. The quantitative estimate of drug-likeness (QED) is 0.816. The summed E-state index contributed by atoms with van der Waals surface area (Å²) in [6.07, 6.45) is 1.29. The van der Waals surface area contributed by atoms with Crippen LogP contribution in [0.15, 0.2) is 42.5 Å². The first-order valence-electron chi connectivity index (χ1n) is 8.49. The van der Waals surface area contributed by atoms with E-state index in [0.29, 0.717) is 24.4 Å². The molecule has 3 atom stereocenters. The number of amides is 2. The van der Waals surface area contributed by atoms with Crippen molar-refractivity contribution in [2.24, 2.45) is 0 Å². The first-order chi connectivity index (χ1) is 12.5. The van der Waals surface area contributed by atoms with Gasteiger partial charge in [0, 0.05) is 30.5 Å². The van der Waals surface area contributed by atoms with Crippen molar-refractivity contribution in [3.05, 3.63) is 63.9 Å². The van der Waals surface area contributed by atoms with E-state index in [2.05, 4.69) is 22.4 Å². The predicted molar refractivity (Wildman–Crippen MR) is 99.4 cm³/mol. The first-order valence-corrected chi connectivity index (χ1v) is 9.25. The van der Waals surface area contributed by atoms with Gasteiger partial charge in [0.25, 0.3) is 5.91 Å². The molecule has 2 heterocycles. The standard InChI is InChI=1S/C19H17Cl2N3O2/c20-16-6-12(7-17(21)23-16)19(26)22-13-8-18(25)24(10-13)15-9-14(15)11-4-2-1-3-5-11/h1-7,13-15H,8-10H2,(H,22,26). The van der Waals surface area contributed by atoms with E-state index in [0.717, 1.165) is 6.42 Å². The van der Waals surface area contributed by atoms with Crippen LogP contribution in [0.25, 0.3) is 0 Å². The number of nitrogens with zero attached hydrogens (tertiary/aromatic N) is 2. The van der Waals surface area contributed by atoms with Crippen LogP contribution in [-0.2, 0) is 4.79 Å². The monoisotopic (exact) mass is 389 g/mol. The molecule has 0 spiro atoms. The highest BCUT2D eigenvalue weighted by atomic mass is 35.5. The Labute approximate surface area is 161 Å². The van der Waals surface area contributed by atoms with Crippen LogP contribution in [0.1, 0.15) is 34.7 Å². The lowest BCUT2D eigenvalue weighted by Crippen LogP contribution is -2.37. The molecule has 1 aromatic heterocycles. The summed E-state index contributed by atoms with van der Waals surface area (Å²) in [7, 11) is 0. The van der Waals surface area contributed by atoms with Crippen molar-refractivity contribution in [3.63, 3.8) is 0 Å². The zero-order valence-corrected chi connectivity index (χ0v) is 15.4. The molecule has 0 radical (unpaired) electrons. The lowest BCUT2D eigenvalue weighted by Gasteiger charge is -2.17. The molecule has 1 aliphatic carbocycles. The van der Waals surface area contributed by atoms with Gasteiger partial charge in [-0.1, -0.05) is 53.5 Å². The minimum atomic E-state index is -0.300. The molecule has 7 heteroatoms. The summed E-state index contributed by atoms with van der Waals surface area (Å²) in [6.45, 7) is 0.533. The van der Waals surface area contributed by atoms with E-state index >= 15 is 0 Å². The average molecular weight is 390 g/mol. The minimum absolute atomic E-state index is 0.0875. The van der Waals surface area contributed by atoms with Crippen LogP contribution in [0.3, 0.4) is 0 Å². The molecule has 3 unspecified atom stereocenters. The number of likely N-dealkylation sites (tertiary alicyclic amines) is 1. The van der Waals surface area contributed by atoms with Crippen LogP contribution in [0.5, 0.6) is 0 Å². The average Bonchev–Trinajstić information content (AvgIpc) is 3.32. The van der Waals surface area contributed by atoms with Crippen molar-refractivity contribution in [3.8, 4) is 0 Å². The molecule has 1 aromatic carbocycles. The van der Waals surface area contributed by atoms with Gasteiger partial charge in [-0.15, -0.1) is 0 Å². The number of pyridine rings is 1. The van der Waals surface area contributed by atoms with Gasteiger partial charge in [0.1, 0.15) is 10.3 Å². The third kappa shape index (κ3) is 3.55. The van der Waals surface area contributed by atoms with Crippen LogP contribution in [-0.4, -0.2) is 40.3 Å². The third-order valence-electron chi connectivity index (χ3n) is 4.90. The Morgan fingerprint density at radius 1 is 1.15 bits per heavy atom. The maximum Gasteiger partial charge on any atom is 0.251 e. The summed E-state index contributed by atoms with van der Waals surface area (Å²) in [5.74, 6) is 0.184. The van der Waals surface area contributed by atoms with Gasteiger partial charge in [-0.3, -0.25) is 9.59 Å². The van der Waals surface area contributed by atoms with Crippen molar-refractivity contribution in [2.45, 2.75) is 30.8 Å². The van der Waals surface area contributed by atoms with Crippen LogP contribution in [0, 0.1) is 0 Å². The second-order valence-corrected chi connectivity index (χ2v) is 7.52. The Morgan fingerprint density at radius 3 is 2.54 bits per heavy atom. The van der Waals surface area contributed by atoms with Gasteiger partial charge in [0.05, 0.1) is 6.04 Å². The normalized spacial score (nSPS) is 24.6. The van der Waals surface area contributed by atoms with E-state index < -0.39 is 0 Å². The predicted octanol–water partition coefficient (Wildman–Crippen LogP) is 3.28. The molecule has 0 bridgehead atoms. The topological polar surface area (TPSA) is 62.3 Å². The molecule has 134 valence electrons. The molecule has 2 aliphatic rings. The fourth-order valence-electron chi connectivity index (χ4n) is 3.60. The Bertz CT molecular complexity index is 839. The Hall–Kier alpha value is -2.11. The van der Waals surface area contributed by atoms with Crippen molar-refractivity contribution < 1.29 is 9.59 Å². The van der Waals surface area contributed by atoms with Gasteiger partial charge in [-0.05, 0) is 24.1 Å². The Morgan fingerprint density at radius 2 is 1.85 bits per heavy atom. The molecule has 1 saturated carbocycles. The molecule has 26 heavy (non-hydrogen) atoms. The highest BCUT2D eigenvalue weighted by Gasteiger charge is 2.47. The summed E-state index contributed by atoms with van der Waals surface area (Å²) in [6, 6.07) is 13.2. The Kier molecular flexibility index (Phi) is 4.59. The van der Waals surface area contributed by atoms with Crippen LogP contribution >= 0.6 is 23.2 Å².